The number of carboxylic acids is 1. The number of rotatable bonds is 5. The first-order chi connectivity index (χ1) is 14.9. The zero-order valence-electron chi connectivity index (χ0n) is 16.2. The Morgan fingerprint density at radius 1 is 1.06 bits per heavy atom. The molecule has 0 bridgehead atoms. The first-order valence-corrected chi connectivity index (χ1v) is 10.2. The summed E-state index contributed by atoms with van der Waals surface area (Å²) < 4.78 is 2.91. The predicted octanol–water partition coefficient (Wildman–Crippen LogP) is 5.27. The molecule has 7 heteroatoms. The van der Waals surface area contributed by atoms with Crippen LogP contribution in [-0.2, 0) is 6.54 Å². The smallest absolute Gasteiger partial charge is 0.335 e. The van der Waals surface area contributed by atoms with Crippen molar-refractivity contribution in [2.45, 2.75) is 6.54 Å². The van der Waals surface area contributed by atoms with Crippen LogP contribution in [0.4, 0.5) is 5.69 Å². The molecule has 0 saturated carbocycles. The zero-order chi connectivity index (χ0) is 22.0. The second kappa shape index (κ2) is 8.46. The number of aromatic carboxylic acids is 1. The molecule has 0 saturated heterocycles. The minimum Gasteiger partial charge on any atom is -0.478 e. The normalized spacial score (nSPS) is 10.6. The molecule has 31 heavy (non-hydrogen) atoms. The number of carbonyl (C=O) groups is 2. The molecule has 0 atom stereocenters. The fraction of sp³-hybridized carbons (Fsp3) is 0.0417. The van der Waals surface area contributed by atoms with Crippen LogP contribution >= 0.6 is 15.9 Å². The van der Waals surface area contributed by atoms with Crippen LogP contribution in [0.1, 0.15) is 31.8 Å². The molecule has 0 aliphatic rings. The van der Waals surface area contributed by atoms with Gasteiger partial charge in [-0.2, -0.15) is 5.26 Å². The molecule has 0 fully saturated rings. The number of fused-ring (bicyclic) bond motifs is 1. The number of hydrogen-bond donors (Lipinski definition) is 2. The summed E-state index contributed by atoms with van der Waals surface area (Å²) in [6.07, 6.45) is 1.75. The molecule has 4 aromatic rings. The van der Waals surface area contributed by atoms with Crippen LogP contribution in [0.2, 0.25) is 0 Å². The summed E-state index contributed by atoms with van der Waals surface area (Å²) in [7, 11) is 0. The van der Waals surface area contributed by atoms with Crippen LogP contribution in [0.5, 0.6) is 0 Å². The molecule has 2 N–H and O–H groups in total. The Balaban J connectivity index is 1.72. The van der Waals surface area contributed by atoms with Gasteiger partial charge in [-0.05, 0) is 48.0 Å². The highest BCUT2D eigenvalue weighted by atomic mass is 79.9. The fourth-order valence-electron chi connectivity index (χ4n) is 3.39. The molecule has 1 heterocycles. The molecule has 152 valence electrons. The molecule has 0 aliphatic heterocycles. The first-order valence-electron chi connectivity index (χ1n) is 9.37. The lowest BCUT2D eigenvalue weighted by Gasteiger charge is -2.06. The van der Waals surface area contributed by atoms with Crippen molar-refractivity contribution in [2.75, 3.05) is 5.32 Å². The van der Waals surface area contributed by atoms with Crippen molar-refractivity contribution in [2.24, 2.45) is 0 Å². The van der Waals surface area contributed by atoms with Crippen LogP contribution in [0.3, 0.4) is 0 Å². The third-order valence-electron chi connectivity index (χ3n) is 4.89. The predicted molar refractivity (Wildman–Crippen MR) is 121 cm³/mol. The molecule has 1 aromatic heterocycles. The van der Waals surface area contributed by atoms with Crippen LogP contribution < -0.4 is 5.32 Å². The van der Waals surface area contributed by atoms with E-state index in [9.17, 15) is 14.9 Å². The van der Waals surface area contributed by atoms with Crippen molar-refractivity contribution >= 4 is 44.4 Å². The van der Waals surface area contributed by atoms with Gasteiger partial charge in [-0.1, -0.05) is 40.2 Å². The van der Waals surface area contributed by atoms with E-state index < -0.39 is 5.97 Å². The SMILES string of the molecule is N#Cc1ccc2c(C(=O)Nc3cccc(C(=O)O)c3)cn(Cc3ccc(Br)cc3)c2c1. The zero-order valence-corrected chi connectivity index (χ0v) is 17.8. The second-order valence-corrected chi connectivity index (χ2v) is 7.90. The average Bonchev–Trinajstić information content (AvgIpc) is 3.13. The van der Waals surface area contributed by atoms with E-state index in [-0.39, 0.29) is 11.5 Å². The van der Waals surface area contributed by atoms with E-state index in [1.807, 2.05) is 28.8 Å². The Morgan fingerprint density at radius 3 is 2.55 bits per heavy atom. The molecule has 0 unspecified atom stereocenters. The van der Waals surface area contributed by atoms with Gasteiger partial charge in [0.05, 0.1) is 28.3 Å². The lowest BCUT2D eigenvalue weighted by atomic mass is 10.1. The third-order valence-corrected chi connectivity index (χ3v) is 5.42. The van der Waals surface area contributed by atoms with E-state index in [4.69, 9.17) is 5.11 Å². The van der Waals surface area contributed by atoms with E-state index in [0.717, 1.165) is 15.6 Å². The third kappa shape index (κ3) is 4.34. The Kier molecular flexibility index (Phi) is 5.56. The molecule has 1 amide bonds. The number of anilines is 1. The van der Waals surface area contributed by atoms with Crippen molar-refractivity contribution in [3.63, 3.8) is 0 Å². The number of aromatic nitrogens is 1. The first kappa shape index (κ1) is 20.4. The van der Waals surface area contributed by atoms with Gasteiger partial charge in [0.25, 0.3) is 5.91 Å². The topological polar surface area (TPSA) is 95.1 Å². The molecule has 0 aliphatic carbocycles. The Bertz CT molecular complexity index is 1350. The van der Waals surface area contributed by atoms with Gasteiger partial charge >= 0.3 is 5.97 Å². The molecule has 6 nitrogen and oxygen atoms in total. The van der Waals surface area contributed by atoms with Crippen molar-refractivity contribution < 1.29 is 14.7 Å². The quantitative estimate of drug-likeness (QED) is 0.412. The standard InChI is InChI=1S/C24H16BrN3O3/c25-18-7-4-15(5-8-18)13-28-14-21(20-9-6-16(12-26)10-22(20)28)23(29)27-19-3-1-2-17(11-19)24(30)31/h1-11,14H,13H2,(H,27,29)(H,30,31). The Labute approximate surface area is 186 Å². The number of carboxylic acid groups (broad SMARTS) is 1. The van der Waals surface area contributed by atoms with Gasteiger partial charge in [-0.15, -0.1) is 0 Å². The van der Waals surface area contributed by atoms with E-state index >= 15 is 0 Å². The van der Waals surface area contributed by atoms with Gasteiger partial charge in [-0.25, -0.2) is 4.79 Å². The lowest BCUT2D eigenvalue weighted by molar-refractivity contribution is 0.0696. The second-order valence-electron chi connectivity index (χ2n) is 6.98. The van der Waals surface area contributed by atoms with Gasteiger partial charge in [-0.3, -0.25) is 4.79 Å². The van der Waals surface area contributed by atoms with Crippen molar-refractivity contribution in [1.29, 1.82) is 5.26 Å². The number of halogens is 1. The monoisotopic (exact) mass is 473 g/mol. The highest BCUT2D eigenvalue weighted by Crippen LogP contribution is 2.25. The highest BCUT2D eigenvalue weighted by Gasteiger charge is 2.17. The molecule has 0 radical (unpaired) electrons. The van der Waals surface area contributed by atoms with E-state index in [0.29, 0.717) is 28.7 Å². The molecule has 3 aromatic carbocycles. The number of nitrogens with zero attached hydrogens (tertiary/aromatic N) is 2. The summed E-state index contributed by atoms with van der Waals surface area (Å²) in [5.74, 6) is -1.42. The number of hydrogen-bond acceptors (Lipinski definition) is 3. The van der Waals surface area contributed by atoms with Crippen LogP contribution in [0, 0.1) is 11.3 Å². The Hall–Kier alpha value is -3.89. The van der Waals surface area contributed by atoms with Crippen LogP contribution in [-0.4, -0.2) is 21.6 Å². The maximum Gasteiger partial charge on any atom is 0.335 e. The highest BCUT2D eigenvalue weighted by molar-refractivity contribution is 9.10. The van der Waals surface area contributed by atoms with Crippen molar-refractivity contribution in [3.05, 3.63) is 99.7 Å². The largest absolute Gasteiger partial charge is 0.478 e. The van der Waals surface area contributed by atoms with E-state index in [1.165, 1.54) is 12.1 Å². The fourth-order valence-corrected chi connectivity index (χ4v) is 3.65. The van der Waals surface area contributed by atoms with Crippen LogP contribution in [0.25, 0.3) is 10.9 Å². The molecular formula is C24H16BrN3O3. The minimum absolute atomic E-state index is 0.0918. The van der Waals surface area contributed by atoms with Crippen LogP contribution in [0.15, 0.2) is 77.4 Å². The molecule has 0 spiro atoms. The summed E-state index contributed by atoms with van der Waals surface area (Å²) in [5, 5.41) is 21.9. The number of benzene rings is 3. The summed E-state index contributed by atoms with van der Waals surface area (Å²) >= 11 is 3.43. The summed E-state index contributed by atoms with van der Waals surface area (Å²) in [4.78, 5) is 24.2. The summed E-state index contributed by atoms with van der Waals surface area (Å²) in [5.41, 5.74) is 3.25. The van der Waals surface area contributed by atoms with E-state index in [1.54, 1.807) is 36.5 Å². The minimum atomic E-state index is -1.06. The maximum atomic E-state index is 13.0. The maximum absolute atomic E-state index is 13.0. The van der Waals surface area contributed by atoms with E-state index in [2.05, 4.69) is 27.3 Å². The molecular weight excluding hydrogens is 458 g/mol. The number of nitrogens with one attached hydrogen (secondary N) is 1. The summed E-state index contributed by atoms with van der Waals surface area (Å²) in [6.45, 7) is 0.528. The van der Waals surface area contributed by atoms with Crippen molar-refractivity contribution in [1.82, 2.24) is 4.57 Å². The number of carbonyl (C=O) groups excluding carboxylic acids is 1. The van der Waals surface area contributed by atoms with Gasteiger partial charge in [0, 0.05) is 28.3 Å². The van der Waals surface area contributed by atoms with Gasteiger partial charge in [0.2, 0.25) is 0 Å². The Morgan fingerprint density at radius 2 is 1.84 bits per heavy atom. The lowest BCUT2D eigenvalue weighted by Crippen LogP contribution is -2.12. The van der Waals surface area contributed by atoms with Gasteiger partial charge < -0.3 is 15.0 Å². The number of nitriles is 1. The van der Waals surface area contributed by atoms with Gasteiger partial charge in [0.15, 0.2) is 0 Å². The van der Waals surface area contributed by atoms with Crippen molar-refractivity contribution in [3.8, 4) is 6.07 Å². The molecule has 4 rings (SSSR count). The number of amides is 1. The van der Waals surface area contributed by atoms with Gasteiger partial charge in [0.1, 0.15) is 0 Å². The average molecular weight is 474 g/mol. The summed E-state index contributed by atoms with van der Waals surface area (Å²) in [6, 6.07) is 21.3.